The Labute approximate surface area is 244 Å². The van der Waals surface area contributed by atoms with Gasteiger partial charge in [0.05, 0.1) is 6.21 Å². The van der Waals surface area contributed by atoms with Crippen LogP contribution in [0.4, 0.5) is 17.6 Å². The van der Waals surface area contributed by atoms with Gasteiger partial charge in [-0.15, -0.1) is 0 Å². The van der Waals surface area contributed by atoms with Gasteiger partial charge < -0.3 is 19.3 Å². The summed E-state index contributed by atoms with van der Waals surface area (Å²) in [6, 6.07) is 18.3. The highest BCUT2D eigenvalue weighted by molar-refractivity contribution is 5.84. The average molecular weight is 557 g/mol. The first-order valence-electron chi connectivity index (χ1n) is 15.4. The molecular formula is C33H44N6O2. The molecule has 3 aromatic rings. The molecule has 0 saturated carbocycles. The van der Waals surface area contributed by atoms with Crippen molar-refractivity contribution in [1.82, 2.24) is 9.97 Å². The van der Waals surface area contributed by atoms with Crippen molar-refractivity contribution in [3.8, 4) is 11.5 Å². The number of anilines is 3. The SMILES string of the molecule is CCCCCCc1ccc(OCCOc2ccccc2/C=N\Nc2cc(N3CCCC3)nc(N3CCCC3)n2)cc1. The van der Waals surface area contributed by atoms with Crippen LogP contribution in [0, 0.1) is 0 Å². The van der Waals surface area contributed by atoms with Crippen LogP contribution in [0.3, 0.4) is 0 Å². The van der Waals surface area contributed by atoms with Gasteiger partial charge in [0.25, 0.3) is 0 Å². The van der Waals surface area contributed by atoms with Crippen LogP contribution < -0.4 is 24.7 Å². The van der Waals surface area contributed by atoms with Gasteiger partial charge in [-0.2, -0.15) is 15.1 Å². The maximum atomic E-state index is 6.05. The highest BCUT2D eigenvalue weighted by Crippen LogP contribution is 2.26. The Morgan fingerprint density at radius 2 is 1.56 bits per heavy atom. The molecule has 0 bridgehead atoms. The van der Waals surface area contributed by atoms with Crippen LogP contribution in [0.15, 0.2) is 59.7 Å². The molecule has 0 amide bonds. The van der Waals surface area contributed by atoms with Crippen molar-refractivity contribution in [3.05, 3.63) is 65.7 Å². The molecule has 218 valence electrons. The summed E-state index contributed by atoms with van der Waals surface area (Å²) in [7, 11) is 0. The fraction of sp³-hybridized carbons (Fsp3) is 0.485. The number of rotatable bonds is 15. The number of para-hydroxylation sites is 1. The van der Waals surface area contributed by atoms with Crippen LogP contribution in [0.2, 0.25) is 0 Å². The molecule has 5 rings (SSSR count). The summed E-state index contributed by atoms with van der Waals surface area (Å²) in [4.78, 5) is 14.3. The van der Waals surface area contributed by atoms with E-state index in [-0.39, 0.29) is 0 Å². The third-order valence-corrected chi connectivity index (χ3v) is 7.67. The van der Waals surface area contributed by atoms with Crippen molar-refractivity contribution in [3.63, 3.8) is 0 Å². The number of hydrogen-bond acceptors (Lipinski definition) is 8. The van der Waals surface area contributed by atoms with E-state index >= 15 is 0 Å². The van der Waals surface area contributed by atoms with Crippen LogP contribution in [-0.2, 0) is 6.42 Å². The third-order valence-electron chi connectivity index (χ3n) is 7.67. The lowest BCUT2D eigenvalue weighted by molar-refractivity contribution is 0.217. The van der Waals surface area contributed by atoms with Crippen molar-refractivity contribution >= 4 is 23.8 Å². The van der Waals surface area contributed by atoms with Crippen molar-refractivity contribution < 1.29 is 9.47 Å². The van der Waals surface area contributed by atoms with E-state index < -0.39 is 0 Å². The second-order valence-corrected chi connectivity index (χ2v) is 10.9. The molecule has 8 nitrogen and oxygen atoms in total. The normalized spacial score (nSPS) is 15.1. The number of aromatic nitrogens is 2. The van der Waals surface area contributed by atoms with Crippen molar-refractivity contribution in [2.75, 3.05) is 54.6 Å². The maximum Gasteiger partial charge on any atom is 0.229 e. The number of hydrogen-bond donors (Lipinski definition) is 1. The molecule has 1 N–H and O–H groups in total. The van der Waals surface area contributed by atoms with Crippen molar-refractivity contribution in [2.24, 2.45) is 5.10 Å². The molecule has 3 heterocycles. The van der Waals surface area contributed by atoms with Gasteiger partial charge >= 0.3 is 0 Å². The standard InChI is InChI=1S/C33H44N6O2/c1-2-3-4-5-12-27-15-17-29(18-16-27)40-23-24-41-30-14-7-6-13-28(30)26-34-37-31-25-32(38-19-8-9-20-38)36-33(35-31)39-21-10-11-22-39/h6-7,13-18,25-26H,2-5,8-12,19-24H2,1H3,(H,35,36,37)/b34-26-. The van der Waals surface area contributed by atoms with Gasteiger partial charge in [0, 0.05) is 37.8 Å². The van der Waals surface area contributed by atoms with E-state index in [1.165, 1.54) is 56.9 Å². The van der Waals surface area contributed by atoms with E-state index in [0.717, 1.165) is 61.4 Å². The topological polar surface area (TPSA) is 75.1 Å². The summed E-state index contributed by atoms with van der Waals surface area (Å²) in [6.45, 7) is 7.25. The van der Waals surface area contributed by atoms with E-state index in [1.807, 2.05) is 30.3 Å². The molecule has 0 aliphatic carbocycles. The first-order chi connectivity index (χ1) is 20.3. The molecule has 41 heavy (non-hydrogen) atoms. The summed E-state index contributed by atoms with van der Waals surface area (Å²) in [5, 5.41) is 4.51. The molecule has 0 unspecified atom stereocenters. The molecule has 0 radical (unpaired) electrons. The van der Waals surface area contributed by atoms with E-state index in [0.29, 0.717) is 19.0 Å². The van der Waals surface area contributed by atoms with E-state index in [9.17, 15) is 0 Å². The molecule has 1 aromatic heterocycles. The summed E-state index contributed by atoms with van der Waals surface area (Å²) in [6.07, 6.45) is 12.8. The molecule has 2 saturated heterocycles. The van der Waals surface area contributed by atoms with Crippen LogP contribution >= 0.6 is 0 Å². The number of ether oxygens (including phenoxy) is 2. The van der Waals surface area contributed by atoms with Gasteiger partial charge in [-0.1, -0.05) is 50.5 Å². The zero-order chi connectivity index (χ0) is 28.1. The highest BCUT2D eigenvalue weighted by Gasteiger charge is 2.20. The molecule has 2 aliphatic rings. The molecule has 2 fully saturated rings. The fourth-order valence-corrected chi connectivity index (χ4v) is 5.35. The maximum absolute atomic E-state index is 6.05. The van der Waals surface area contributed by atoms with Crippen LogP contribution in [-0.4, -0.2) is 55.6 Å². The monoisotopic (exact) mass is 556 g/mol. The third kappa shape index (κ3) is 8.59. The molecule has 0 spiro atoms. The summed E-state index contributed by atoms with van der Waals surface area (Å²) in [5.74, 6) is 4.11. The predicted molar refractivity (Wildman–Crippen MR) is 168 cm³/mol. The second kappa shape index (κ2) is 15.3. The Hall–Kier alpha value is -3.81. The number of unbranched alkanes of at least 4 members (excludes halogenated alkanes) is 3. The van der Waals surface area contributed by atoms with Crippen molar-refractivity contribution in [2.45, 2.75) is 64.7 Å². The first kappa shape index (κ1) is 28.7. The van der Waals surface area contributed by atoms with E-state index in [1.54, 1.807) is 6.21 Å². The Morgan fingerprint density at radius 3 is 2.34 bits per heavy atom. The summed E-state index contributed by atoms with van der Waals surface area (Å²) in [5.41, 5.74) is 5.40. The lowest BCUT2D eigenvalue weighted by Gasteiger charge is -2.21. The zero-order valence-electron chi connectivity index (χ0n) is 24.4. The fourth-order valence-electron chi connectivity index (χ4n) is 5.35. The summed E-state index contributed by atoms with van der Waals surface area (Å²) >= 11 is 0. The minimum Gasteiger partial charge on any atom is -0.490 e. The second-order valence-electron chi connectivity index (χ2n) is 10.9. The van der Waals surface area contributed by atoms with Crippen LogP contribution in [0.1, 0.15) is 69.4 Å². The number of benzene rings is 2. The first-order valence-corrected chi connectivity index (χ1v) is 15.4. The van der Waals surface area contributed by atoms with Gasteiger partial charge in [-0.05, 0) is 68.4 Å². The molecule has 8 heteroatoms. The smallest absolute Gasteiger partial charge is 0.229 e. The Morgan fingerprint density at radius 1 is 0.829 bits per heavy atom. The Kier molecular flexibility index (Phi) is 10.7. The quantitative estimate of drug-likeness (QED) is 0.127. The minimum atomic E-state index is 0.446. The number of hydrazone groups is 1. The lowest BCUT2D eigenvalue weighted by atomic mass is 10.1. The van der Waals surface area contributed by atoms with Gasteiger partial charge in [0.2, 0.25) is 5.95 Å². The van der Waals surface area contributed by atoms with Gasteiger partial charge in [0.1, 0.15) is 30.5 Å². The minimum absolute atomic E-state index is 0.446. The van der Waals surface area contributed by atoms with E-state index in [4.69, 9.17) is 19.4 Å². The molecule has 0 atom stereocenters. The summed E-state index contributed by atoms with van der Waals surface area (Å²) < 4.78 is 12.0. The van der Waals surface area contributed by atoms with E-state index in [2.05, 4.69) is 51.5 Å². The van der Waals surface area contributed by atoms with Crippen molar-refractivity contribution in [1.29, 1.82) is 0 Å². The molecular weight excluding hydrogens is 512 g/mol. The predicted octanol–water partition coefficient (Wildman–Crippen LogP) is 6.70. The number of nitrogens with one attached hydrogen (secondary N) is 1. The van der Waals surface area contributed by atoms with Crippen LogP contribution in [0.25, 0.3) is 0 Å². The van der Waals surface area contributed by atoms with Gasteiger partial charge in [-0.25, -0.2) is 0 Å². The zero-order valence-corrected chi connectivity index (χ0v) is 24.4. The van der Waals surface area contributed by atoms with Gasteiger partial charge in [0.15, 0.2) is 5.82 Å². The number of aryl methyl sites for hydroxylation is 1. The largest absolute Gasteiger partial charge is 0.490 e. The Balaban J connectivity index is 1.13. The lowest BCUT2D eigenvalue weighted by Crippen LogP contribution is -2.24. The highest BCUT2D eigenvalue weighted by atomic mass is 16.5. The van der Waals surface area contributed by atoms with Crippen LogP contribution in [0.5, 0.6) is 11.5 Å². The Bertz CT molecular complexity index is 1200. The molecule has 2 aliphatic heterocycles. The van der Waals surface area contributed by atoms with Gasteiger partial charge in [-0.3, -0.25) is 5.43 Å². The average Bonchev–Trinajstić information content (AvgIpc) is 3.75. The number of nitrogens with zero attached hydrogens (tertiary/aromatic N) is 5. The molecule has 2 aromatic carbocycles.